The maximum Gasteiger partial charge on any atom is 0.312 e. The topological polar surface area (TPSA) is 78.7 Å². The molecule has 0 radical (unpaired) electrons. The van der Waals surface area contributed by atoms with E-state index in [0.29, 0.717) is 13.1 Å². The Kier molecular flexibility index (Phi) is 5.63. The summed E-state index contributed by atoms with van der Waals surface area (Å²) in [6.45, 7) is 5.33. The number of primary amides is 1. The minimum atomic E-state index is -0.680. The van der Waals surface area contributed by atoms with Crippen molar-refractivity contribution in [2.24, 2.45) is 5.73 Å². The number of hydrogen-bond donors (Lipinski definition) is 2. The molecule has 0 aliphatic carbocycles. The van der Waals surface area contributed by atoms with Crippen molar-refractivity contribution in [2.75, 3.05) is 26.2 Å². The number of nitrogens with zero attached hydrogens (tertiary/aromatic N) is 2. The fourth-order valence-electron chi connectivity index (χ4n) is 2.57. The lowest BCUT2D eigenvalue weighted by Gasteiger charge is -2.36. The van der Waals surface area contributed by atoms with Crippen LogP contribution in [-0.2, 0) is 11.3 Å². The number of hydrogen-bond acceptors (Lipinski definition) is 3. The van der Waals surface area contributed by atoms with E-state index in [2.05, 4.69) is 10.2 Å². The van der Waals surface area contributed by atoms with E-state index in [9.17, 15) is 9.59 Å². The zero-order valence-corrected chi connectivity index (χ0v) is 13.3. The average molecular weight is 325 g/mol. The molecule has 1 aromatic rings. The lowest BCUT2D eigenvalue weighted by molar-refractivity contribution is -0.134. The maximum atomic E-state index is 12.2. The summed E-state index contributed by atoms with van der Waals surface area (Å²) in [7, 11) is 0. The first-order valence-electron chi connectivity index (χ1n) is 7.27. The van der Waals surface area contributed by atoms with E-state index in [1.165, 1.54) is 0 Å². The Morgan fingerprint density at radius 3 is 2.59 bits per heavy atom. The monoisotopic (exact) mass is 324 g/mol. The van der Waals surface area contributed by atoms with E-state index in [1.54, 1.807) is 11.8 Å². The first kappa shape index (κ1) is 16.6. The van der Waals surface area contributed by atoms with Crippen LogP contribution in [0.5, 0.6) is 0 Å². The molecule has 2 rings (SSSR count). The van der Waals surface area contributed by atoms with Crippen LogP contribution in [-0.4, -0.2) is 54.0 Å². The van der Waals surface area contributed by atoms with Crippen LogP contribution >= 0.6 is 11.6 Å². The Bertz CT molecular complexity index is 544. The van der Waals surface area contributed by atoms with Crippen molar-refractivity contribution in [2.45, 2.75) is 19.5 Å². The molecule has 1 fully saturated rings. The number of urea groups is 1. The van der Waals surface area contributed by atoms with Crippen molar-refractivity contribution in [1.82, 2.24) is 15.1 Å². The summed E-state index contributed by atoms with van der Waals surface area (Å²) in [4.78, 5) is 27.0. The van der Waals surface area contributed by atoms with Gasteiger partial charge in [-0.05, 0) is 24.6 Å². The molecule has 1 heterocycles. The summed E-state index contributed by atoms with van der Waals surface area (Å²) >= 11 is 5.99. The number of rotatable bonds is 4. The number of piperazine rings is 1. The van der Waals surface area contributed by atoms with E-state index in [-0.39, 0.29) is 5.91 Å². The molecule has 3 amide bonds. The predicted octanol–water partition coefficient (Wildman–Crippen LogP) is 1.04. The van der Waals surface area contributed by atoms with Crippen LogP contribution in [0, 0.1) is 0 Å². The molecule has 1 aliphatic heterocycles. The van der Waals surface area contributed by atoms with Crippen LogP contribution in [0.15, 0.2) is 24.3 Å². The molecule has 22 heavy (non-hydrogen) atoms. The Morgan fingerprint density at radius 1 is 1.32 bits per heavy atom. The van der Waals surface area contributed by atoms with Gasteiger partial charge in [-0.25, -0.2) is 4.79 Å². The lowest BCUT2D eigenvalue weighted by Crippen LogP contribution is -2.54. The van der Waals surface area contributed by atoms with E-state index >= 15 is 0 Å². The number of amides is 3. The normalized spacial score (nSPS) is 17.1. The quantitative estimate of drug-likeness (QED) is 0.868. The van der Waals surface area contributed by atoms with Crippen molar-refractivity contribution in [3.8, 4) is 0 Å². The number of carbonyl (C=O) groups excluding carboxylic acids is 2. The molecule has 0 bridgehead atoms. The van der Waals surface area contributed by atoms with Crippen molar-refractivity contribution < 1.29 is 9.59 Å². The highest BCUT2D eigenvalue weighted by atomic mass is 35.5. The van der Waals surface area contributed by atoms with E-state index < -0.39 is 12.1 Å². The molecule has 7 heteroatoms. The van der Waals surface area contributed by atoms with Crippen LogP contribution in [0.1, 0.15) is 12.5 Å². The Balaban J connectivity index is 1.82. The third-order valence-corrected chi connectivity index (χ3v) is 3.94. The molecule has 0 aromatic heterocycles. The van der Waals surface area contributed by atoms with Gasteiger partial charge in [0.2, 0.25) is 5.91 Å². The summed E-state index contributed by atoms with van der Waals surface area (Å²) in [5.41, 5.74) is 6.20. The van der Waals surface area contributed by atoms with Gasteiger partial charge in [-0.15, -0.1) is 0 Å². The molecule has 1 aromatic carbocycles. The zero-order valence-electron chi connectivity index (χ0n) is 12.6. The minimum Gasteiger partial charge on any atom is -0.352 e. The van der Waals surface area contributed by atoms with Crippen molar-refractivity contribution in [3.05, 3.63) is 34.9 Å². The molecule has 1 aliphatic rings. The molecule has 3 N–H and O–H groups in total. The molecule has 1 atom stereocenters. The van der Waals surface area contributed by atoms with Gasteiger partial charge in [0.25, 0.3) is 0 Å². The van der Waals surface area contributed by atoms with Gasteiger partial charge in [-0.1, -0.05) is 23.7 Å². The molecule has 0 unspecified atom stereocenters. The largest absolute Gasteiger partial charge is 0.352 e. The number of nitrogens with two attached hydrogens (primary N) is 1. The van der Waals surface area contributed by atoms with Gasteiger partial charge >= 0.3 is 6.03 Å². The summed E-state index contributed by atoms with van der Waals surface area (Å²) in [6, 6.07) is 6.53. The van der Waals surface area contributed by atoms with Gasteiger partial charge in [-0.3, -0.25) is 9.69 Å². The highest BCUT2D eigenvalue weighted by molar-refractivity contribution is 6.30. The van der Waals surface area contributed by atoms with Crippen LogP contribution in [0.4, 0.5) is 4.79 Å². The van der Waals surface area contributed by atoms with Crippen molar-refractivity contribution >= 4 is 23.5 Å². The van der Waals surface area contributed by atoms with E-state index in [1.807, 2.05) is 24.3 Å². The summed E-state index contributed by atoms with van der Waals surface area (Å²) in [5, 5.41) is 3.15. The maximum absolute atomic E-state index is 12.2. The number of carbonyl (C=O) groups is 2. The van der Waals surface area contributed by atoms with Gasteiger partial charge in [0.05, 0.1) is 0 Å². The SMILES string of the molecule is C[C@@H](NC(N)=O)C(=O)N1CCN(Cc2cccc(Cl)c2)CC1. The molecule has 1 saturated heterocycles. The van der Waals surface area contributed by atoms with Gasteiger partial charge in [0.1, 0.15) is 6.04 Å². The molecule has 120 valence electrons. The average Bonchev–Trinajstić information content (AvgIpc) is 2.46. The van der Waals surface area contributed by atoms with Crippen molar-refractivity contribution in [3.63, 3.8) is 0 Å². The predicted molar refractivity (Wildman–Crippen MR) is 85.5 cm³/mol. The Hall–Kier alpha value is -1.79. The second kappa shape index (κ2) is 7.47. The summed E-state index contributed by atoms with van der Waals surface area (Å²) < 4.78 is 0. The highest BCUT2D eigenvalue weighted by Gasteiger charge is 2.25. The fraction of sp³-hybridized carbons (Fsp3) is 0.467. The van der Waals surface area contributed by atoms with Crippen LogP contribution in [0.25, 0.3) is 0 Å². The van der Waals surface area contributed by atoms with Crippen LogP contribution in [0.2, 0.25) is 5.02 Å². The first-order valence-corrected chi connectivity index (χ1v) is 7.65. The molecule has 0 saturated carbocycles. The van der Waals surface area contributed by atoms with E-state index in [0.717, 1.165) is 30.2 Å². The number of nitrogens with one attached hydrogen (secondary N) is 1. The number of benzene rings is 1. The summed E-state index contributed by atoms with van der Waals surface area (Å²) in [5.74, 6) is -0.0961. The molecule has 6 nitrogen and oxygen atoms in total. The summed E-state index contributed by atoms with van der Waals surface area (Å²) in [6.07, 6.45) is 0. The zero-order chi connectivity index (χ0) is 16.1. The fourth-order valence-corrected chi connectivity index (χ4v) is 2.78. The first-order chi connectivity index (χ1) is 10.5. The lowest BCUT2D eigenvalue weighted by atomic mass is 10.2. The third-order valence-electron chi connectivity index (χ3n) is 3.71. The standard InChI is InChI=1S/C15H21ClN4O2/c1-11(18-15(17)22)14(21)20-7-5-19(6-8-20)10-12-3-2-4-13(16)9-12/h2-4,9,11H,5-8,10H2,1H3,(H3,17,18,22)/t11-/m1/s1. The van der Waals surface area contributed by atoms with E-state index in [4.69, 9.17) is 17.3 Å². The molecular formula is C15H21ClN4O2. The van der Waals surface area contributed by atoms with Crippen LogP contribution in [0.3, 0.4) is 0 Å². The smallest absolute Gasteiger partial charge is 0.312 e. The third kappa shape index (κ3) is 4.61. The van der Waals surface area contributed by atoms with Crippen LogP contribution < -0.4 is 11.1 Å². The van der Waals surface area contributed by atoms with Gasteiger partial charge in [0, 0.05) is 37.7 Å². The Morgan fingerprint density at radius 2 is 2.00 bits per heavy atom. The Labute approximate surface area is 135 Å². The number of halogens is 1. The van der Waals surface area contributed by atoms with Gasteiger partial charge in [0.15, 0.2) is 0 Å². The molecular weight excluding hydrogens is 304 g/mol. The van der Waals surface area contributed by atoms with Crippen molar-refractivity contribution in [1.29, 1.82) is 0 Å². The highest BCUT2D eigenvalue weighted by Crippen LogP contribution is 2.14. The second-order valence-corrected chi connectivity index (χ2v) is 5.90. The molecule has 0 spiro atoms. The van der Waals surface area contributed by atoms with Gasteiger partial charge < -0.3 is 16.0 Å². The van der Waals surface area contributed by atoms with Gasteiger partial charge in [-0.2, -0.15) is 0 Å². The minimum absolute atomic E-state index is 0.0961. The second-order valence-electron chi connectivity index (χ2n) is 5.46.